The van der Waals surface area contributed by atoms with E-state index in [1.165, 1.54) is 0 Å². The lowest BCUT2D eigenvalue weighted by molar-refractivity contribution is -0.117. The molecule has 1 fully saturated rings. The highest BCUT2D eigenvalue weighted by Crippen LogP contribution is 2.30. The number of fused-ring (bicyclic) bond motifs is 1. The fourth-order valence-electron chi connectivity index (χ4n) is 3.56. The molecule has 1 aliphatic carbocycles. The number of benzene rings is 2. The van der Waals surface area contributed by atoms with Gasteiger partial charge in [0.25, 0.3) is 0 Å². The smallest absolute Gasteiger partial charge is 0.249 e. The number of nitriles is 1. The molecule has 0 radical (unpaired) electrons. The van der Waals surface area contributed by atoms with Gasteiger partial charge in [0, 0.05) is 23.7 Å². The second-order valence-corrected chi connectivity index (χ2v) is 7.96. The van der Waals surface area contributed by atoms with Gasteiger partial charge in [-0.2, -0.15) is 10.2 Å². The van der Waals surface area contributed by atoms with E-state index in [2.05, 4.69) is 51.1 Å². The lowest BCUT2D eigenvalue weighted by Crippen LogP contribution is -2.14. The van der Waals surface area contributed by atoms with E-state index in [1.54, 1.807) is 4.52 Å². The molecule has 5 rings (SSSR count). The molecule has 2 aromatic heterocycles. The summed E-state index contributed by atoms with van der Waals surface area (Å²) in [6, 6.07) is 24.2. The molecule has 7 nitrogen and oxygen atoms in total. The Morgan fingerprint density at radius 1 is 1.03 bits per heavy atom. The van der Waals surface area contributed by atoms with Crippen LogP contribution in [-0.2, 0) is 17.8 Å². The average molecular weight is 422 g/mol. The second kappa shape index (κ2) is 8.52. The van der Waals surface area contributed by atoms with Crippen molar-refractivity contribution in [3.8, 4) is 17.3 Å². The number of hydrogen-bond acceptors (Lipinski definition) is 5. The van der Waals surface area contributed by atoms with Crippen LogP contribution in [-0.4, -0.2) is 20.5 Å². The Balaban J connectivity index is 1.29. The van der Waals surface area contributed by atoms with Gasteiger partial charge in [-0.1, -0.05) is 42.5 Å². The highest BCUT2D eigenvalue weighted by molar-refractivity contribution is 5.92. The quantitative estimate of drug-likeness (QED) is 0.460. The number of anilines is 2. The van der Waals surface area contributed by atoms with Crippen LogP contribution < -0.4 is 10.6 Å². The largest absolute Gasteiger partial charge is 0.381 e. The Morgan fingerprint density at radius 3 is 2.50 bits per heavy atom. The van der Waals surface area contributed by atoms with Crippen LogP contribution in [0.3, 0.4) is 0 Å². The van der Waals surface area contributed by atoms with Crippen molar-refractivity contribution >= 4 is 23.2 Å². The van der Waals surface area contributed by atoms with Crippen molar-refractivity contribution in [3.63, 3.8) is 0 Å². The number of carbonyl (C=O) groups excluding carboxylic acids is 1. The van der Waals surface area contributed by atoms with Gasteiger partial charge in [-0.3, -0.25) is 10.1 Å². The summed E-state index contributed by atoms with van der Waals surface area (Å²) in [7, 11) is 0. The van der Waals surface area contributed by atoms with E-state index in [4.69, 9.17) is 5.26 Å². The Bertz CT molecular complexity index is 1300. The maximum absolute atomic E-state index is 12.0. The number of amides is 1. The molecular formula is C25H22N6O. The zero-order chi connectivity index (χ0) is 21.9. The molecule has 0 bridgehead atoms. The summed E-state index contributed by atoms with van der Waals surface area (Å²) >= 11 is 0. The maximum atomic E-state index is 12.0. The van der Waals surface area contributed by atoms with Crippen molar-refractivity contribution in [1.82, 2.24) is 14.6 Å². The molecule has 0 atom stereocenters. The predicted octanol–water partition coefficient (Wildman–Crippen LogP) is 4.42. The van der Waals surface area contributed by atoms with E-state index in [1.807, 2.05) is 42.5 Å². The van der Waals surface area contributed by atoms with Gasteiger partial charge in [0.1, 0.15) is 0 Å². The van der Waals surface area contributed by atoms with E-state index < -0.39 is 0 Å². The normalized spacial score (nSPS) is 13.0. The molecule has 0 unspecified atom stereocenters. The third-order valence-corrected chi connectivity index (χ3v) is 5.53. The number of nitrogens with zero attached hydrogens (tertiary/aromatic N) is 4. The Labute approximate surface area is 185 Å². The highest BCUT2D eigenvalue weighted by atomic mass is 16.2. The van der Waals surface area contributed by atoms with Crippen LogP contribution in [0.2, 0.25) is 0 Å². The first kappa shape index (κ1) is 19.8. The number of pyridine rings is 1. The minimum Gasteiger partial charge on any atom is -0.381 e. The third-order valence-electron chi connectivity index (χ3n) is 5.53. The molecule has 2 N–H and O–H groups in total. The molecule has 0 spiro atoms. The van der Waals surface area contributed by atoms with Crippen molar-refractivity contribution in [2.75, 3.05) is 10.6 Å². The Kier molecular flexibility index (Phi) is 5.26. The van der Waals surface area contributed by atoms with E-state index in [9.17, 15) is 4.79 Å². The molecule has 4 aromatic rings. The molecule has 158 valence electrons. The van der Waals surface area contributed by atoms with Crippen LogP contribution in [0.1, 0.15) is 24.0 Å². The third kappa shape index (κ3) is 4.30. The minimum atomic E-state index is -0.000914. The number of rotatable bonds is 7. The number of carbonyl (C=O) groups is 1. The Morgan fingerprint density at radius 2 is 1.78 bits per heavy atom. The van der Waals surface area contributed by atoms with E-state index in [0.717, 1.165) is 40.9 Å². The molecule has 1 amide bonds. The molecule has 7 heteroatoms. The standard InChI is InChI=1S/C25H22N6O/c26-15-14-17-6-12-21(13-7-17)27-16-18-4-8-19(9-5-18)22-2-1-3-23-28-25(30-31(22)23)29-24(32)20-10-11-20/h1-9,12-13,20,27H,10-11,14,16H2,(H,29,30,32). The molecule has 1 saturated carbocycles. The molecule has 0 aliphatic heterocycles. The van der Waals surface area contributed by atoms with Gasteiger partial charge >= 0.3 is 0 Å². The van der Waals surface area contributed by atoms with Crippen molar-refractivity contribution in [1.29, 1.82) is 5.26 Å². The van der Waals surface area contributed by atoms with Crippen LogP contribution in [0.4, 0.5) is 11.6 Å². The van der Waals surface area contributed by atoms with E-state index in [-0.39, 0.29) is 11.8 Å². The molecular weight excluding hydrogens is 400 g/mol. The number of hydrogen-bond donors (Lipinski definition) is 2. The molecule has 1 aliphatic rings. The summed E-state index contributed by atoms with van der Waals surface area (Å²) in [4.78, 5) is 16.5. The number of nitrogens with one attached hydrogen (secondary N) is 2. The van der Waals surface area contributed by atoms with Crippen LogP contribution >= 0.6 is 0 Å². The topological polar surface area (TPSA) is 95.1 Å². The van der Waals surface area contributed by atoms with Gasteiger partial charge < -0.3 is 5.32 Å². The van der Waals surface area contributed by atoms with Gasteiger partial charge in [0.2, 0.25) is 11.9 Å². The summed E-state index contributed by atoms with van der Waals surface area (Å²) in [5.74, 6) is 0.452. The van der Waals surface area contributed by atoms with E-state index >= 15 is 0 Å². The average Bonchev–Trinajstić information content (AvgIpc) is 3.59. The fraction of sp³-hybridized carbons (Fsp3) is 0.200. The van der Waals surface area contributed by atoms with Crippen molar-refractivity contribution in [2.24, 2.45) is 5.92 Å². The first-order valence-electron chi connectivity index (χ1n) is 10.7. The second-order valence-electron chi connectivity index (χ2n) is 7.96. The monoisotopic (exact) mass is 422 g/mol. The molecule has 2 aromatic carbocycles. The minimum absolute atomic E-state index is 0.000914. The van der Waals surface area contributed by atoms with Gasteiger partial charge in [-0.15, -0.1) is 5.10 Å². The first-order chi connectivity index (χ1) is 15.7. The molecule has 2 heterocycles. The summed E-state index contributed by atoms with van der Waals surface area (Å²) in [6.07, 6.45) is 2.31. The fourth-order valence-corrected chi connectivity index (χ4v) is 3.56. The van der Waals surface area contributed by atoms with E-state index in [0.29, 0.717) is 24.6 Å². The maximum Gasteiger partial charge on any atom is 0.249 e. The summed E-state index contributed by atoms with van der Waals surface area (Å²) in [5.41, 5.74) is 5.81. The summed E-state index contributed by atoms with van der Waals surface area (Å²) < 4.78 is 1.76. The van der Waals surface area contributed by atoms with Gasteiger partial charge in [0.15, 0.2) is 5.65 Å². The molecule has 32 heavy (non-hydrogen) atoms. The van der Waals surface area contributed by atoms with Crippen LogP contribution in [0.15, 0.2) is 66.7 Å². The van der Waals surface area contributed by atoms with Gasteiger partial charge in [0.05, 0.1) is 18.2 Å². The summed E-state index contributed by atoms with van der Waals surface area (Å²) in [5, 5.41) is 19.5. The zero-order valence-corrected chi connectivity index (χ0v) is 17.5. The van der Waals surface area contributed by atoms with Crippen molar-refractivity contribution in [3.05, 3.63) is 77.9 Å². The first-order valence-corrected chi connectivity index (χ1v) is 10.7. The SMILES string of the molecule is N#CCc1ccc(NCc2ccc(-c3cccc4nc(NC(=O)C5CC5)nn34)cc2)cc1. The van der Waals surface area contributed by atoms with Crippen LogP contribution in [0.25, 0.3) is 16.9 Å². The van der Waals surface area contributed by atoms with Crippen molar-refractivity contribution < 1.29 is 4.79 Å². The van der Waals surface area contributed by atoms with Crippen LogP contribution in [0.5, 0.6) is 0 Å². The van der Waals surface area contributed by atoms with Gasteiger partial charge in [-0.25, -0.2) is 4.52 Å². The van der Waals surface area contributed by atoms with Crippen molar-refractivity contribution in [2.45, 2.75) is 25.8 Å². The lowest BCUT2D eigenvalue weighted by atomic mass is 10.1. The molecule has 0 saturated heterocycles. The highest BCUT2D eigenvalue weighted by Gasteiger charge is 2.30. The van der Waals surface area contributed by atoms with Crippen LogP contribution in [0, 0.1) is 17.2 Å². The Hall–Kier alpha value is -4.18. The lowest BCUT2D eigenvalue weighted by Gasteiger charge is -2.09. The zero-order valence-electron chi connectivity index (χ0n) is 17.5. The number of aromatic nitrogens is 3. The predicted molar refractivity (Wildman–Crippen MR) is 123 cm³/mol. The summed E-state index contributed by atoms with van der Waals surface area (Å²) in [6.45, 7) is 0.697. The van der Waals surface area contributed by atoms with Gasteiger partial charge in [-0.05, 0) is 48.2 Å².